The number of ether oxygens (including phenoxy) is 1. The van der Waals surface area contributed by atoms with Crippen LogP contribution in [0.3, 0.4) is 0 Å². The first-order valence-corrected chi connectivity index (χ1v) is 6.90. The van der Waals surface area contributed by atoms with Crippen molar-refractivity contribution in [1.82, 2.24) is 5.43 Å². The molecule has 3 rings (SSSR count). The number of methoxy groups -OCH3 is 1. The van der Waals surface area contributed by atoms with Gasteiger partial charge in [-0.1, -0.05) is 30.3 Å². The molecule has 2 aromatic carbocycles. The number of carbonyl (C=O) groups is 2. The van der Waals surface area contributed by atoms with Crippen LogP contribution in [0.25, 0.3) is 6.08 Å². The van der Waals surface area contributed by atoms with Gasteiger partial charge < -0.3 is 9.84 Å². The lowest BCUT2D eigenvalue weighted by Crippen LogP contribution is -2.35. The lowest BCUT2D eigenvalue weighted by molar-refractivity contribution is -0.117. The van der Waals surface area contributed by atoms with Crippen molar-refractivity contribution < 1.29 is 19.4 Å². The van der Waals surface area contributed by atoms with Gasteiger partial charge in [-0.05, 0) is 24.3 Å². The Bertz CT molecular complexity index is 799. The summed E-state index contributed by atoms with van der Waals surface area (Å²) in [5, 5.41) is 11.3. The van der Waals surface area contributed by atoms with E-state index >= 15 is 0 Å². The molecule has 1 aliphatic heterocycles. The van der Waals surface area contributed by atoms with Crippen LogP contribution < -0.4 is 15.2 Å². The Labute approximate surface area is 132 Å². The number of aromatic hydroxyl groups is 1. The van der Waals surface area contributed by atoms with E-state index in [-0.39, 0.29) is 17.1 Å². The van der Waals surface area contributed by atoms with Crippen LogP contribution in [-0.2, 0) is 9.59 Å². The molecule has 1 fully saturated rings. The fourth-order valence-corrected chi connectivity index (χ4v) is 2.29. The third-order valence-electron chi connectivity index (χ3n) is 3.46. The maximum atomic E-state index is 12.4. The fraction of sp³-hybridized carbons (Fsp3) is 0.0588. The molecule has 6 nitrogen and oxygen atoms in total. The number of phenolic OH excluding ortho intramolecular Hbond substituents is 1. The summed E-state index contributed by atoms with van der Waals surface area (Å²) in [7, 11) is 1.43. The summed E-state index contributed by atoms with van der Waals surface area (Å²) in [6.07, 6.45) is 1.35. The minimum absolute atomic E-state index is 0.0580. The number of phenols is 1. The second-order valence-electron chi connectivity index (χ2n) is 4.87. The van der Waals surface area contributed by atoms with Gasteiger partial charge in [0, 0.05) is 5.56 Å². The van der Waals surface area contributed by atoms with E-state index in [1.54, 1.807) is 42.5 Å². The van der Waals surface area contributed by atoms with Gasteiger partial charge in [-0.15, -0.1) is 0 Å². The van der Waals surface area contributed by atoms with E-state index in [1.165, 1.54) is 18.2 Å². The lowest BCUT2D eigenvalue weighted by Gasteiger charge is -2.13. The molecule has 0 unspecified atom stereocenters. The number of nitrogens with one attached hydrogen (secondary N) is 1. The molecular formula is C17H14N2O4. The van der Waals surface area contributed by atoms with E-state index < -0.39 is 11.8 Å². The van der Waals surface area contributed by atoms with Crippen molar-refractivity contribution >= 4 is 23.6 Å². The Kier molecular flexibility index (Phi) is 3.72. The van der Waals surface area contributed by atoms with Crippen LogP contribution in [0.2, 0.25) is 0 Å². The van der Waals surface area contributed by atoms with Gasteiger partial charge in [0.05, 0.1) is 12.8 Å². The molecule has 0 radical (unpaired) electrons. The summed E-state index contributed by atoms with van der Waals surface area (Å²) in [5.74, 6) is -0.865. The van der Waals surface area contributed by atoms with Crippen molar-refractivity contribution in [2.45, 2.75) is 0 Å². The van der Waals surface area contributed by atoms with Gasteiger partial charge in [-0.25, -0.2) is 5.01 Å². The van der Waals surface area contributed by atoms with Gasteiger partial charge in [-0.2, -0.15) is 0 Å². The third kappa shape index (κ3) is 2.62. The highest BCUT2D eigenvalue weighted by Gasteiger charge is 2.34. The second kappa shape index (κ2) is 5.84. The Balaban J connectivity index is 1.98. The second-order valence-corrected chi connectivity index (χ2v) is 4.87. The van der Waals surface area contributed by atoms with Gasteiger partial charge in [0.1, 0.15) is 5.57 Å². The molecule has 2 N–H and O–H groups in total. The van der Waals surface area contributed by atoms with Crippen molar-refractivity contribution in [3.8, 4) is 11.5 Å². The topological polar surface area (TPSA) is 78.9 Å². The van der Waals surface area contributed by atoms with Gasteiger partial charge in [-0.3, -0.25) is 15.0 Å². The number of para-hydroxylation sites is 2. The molecule has 0 aliphatic carbocycles. The number of hydrogen-bond donors (Lipinski definition) is 2. The number of benzene rings is 2. The minimum Gasteiger partial charge on any atom is -0.504 e. The molecule has 0 bridgehead atoms. The molecule has 0 atom stereocenters. The maximum absolute atomic E-state index is 12.4. The molecule has 2 aromatic rings. The van der Waals surface area contributed by atoms with E-state index in [2.05, 4.69) is 5.43 Å². The Morgan fingerprint density at radius 1 is 1.09 bits per heavy atom. The molecule has 1 heterocycles. The number of rotatable bonds is 3. The Morgan fingerprint density at radius 2 is 1.83 bits per heavy atom. The molecule has 1 aliphatic rings. The summed E-state index contributed by atoms with van der Waals surface area (Å²) in [6, 6.07) is 13.6. The van der Waals surface area contributed by atoms with Crippen LogP contribution in [0.1, 0.15) is 5.56 Å². The monoisotopic (exact) mass is 310 g/mol. The Hall–Kier alpha value is -3.28. The summed E-state index contributed by atoms with van der Waals surface area (Å²) in [6.45, 7) is 0. The van der Waals surface area contributed by atoms with Crippen molar-refractivity contribution in [2.75, 3.05) is 12.1 Å². The van der Waals surface area contributed by atoms with Gasteiger partial charge >= 0.3 is 0 Å². The number of hydrazine groups is 1. The first kappa shape index (κ1) is 14.6. The number of amides is 2. The first-order valence-electron chi connectivity index (χ1n) is 6.90. The predicted molar refractivity (Wildman–Crippen MR) is 84.7 cm³/mol. The van der Waals surface area contributed by atoms with Crippen LogP contribution in [0.15, 0.2) is 54.1 Å². The van der Waals surface area contributed by atoms with Crippen LogP contribution >= 0.6 is 0 Å². The zero-order valence-electron chi connectivity index (χ0n) is 12.3. The molecule has 0 aromatic heterocycles. The highest BCUT2D eigenvalue weighted by molar-refractivity contribution is 6.31. The van der Waals surface area contributed by atoms with E-state index in [4.69, 9.17) is 4.74 Å². The zero-order valence-corrected chi connectivity index (χ0v) is 12.3. The van der Waals surface area contributed by atoms with Crippen LogP contribution in [-0.4, -0.2) is 24.0 Å². The molecule has 23 heavy (non-hydrogen) atoms. The standard InChI is InChI=1S/C17H14N2O4/c1-23-14-9-5-6-11(15(14)20)10-13-16(21)18-19(17(13)22)12-7-3-2-4-8-12/h2-10,20H,1H3,(H,18,21)/b13-10+. The van der Waals surface area contributed by atoms with Gasteiger partial charge in [0.2, 0.25) is 0 Å². The van der Waals surface area contributed by atoms with Crippen LogP contribution in [0.5, 0.6) is 11.5 Å². The van der Waals surface area contributed by atoms with Crippen molar-refractivity contribution in [1.29, 1.82) is 0 Å². The van der Waals surface area contributed by atoms with Crippen LogP contribution in [0, 0.1) is 0 Å². The number of nitrogens with zero attached hydrogens (tertiary/aromatic N) is 1. The smallest absolute Gasteiger partial charge is 0.282 e. The van der Waals surface area contributed by atoms with E-state index in [0.717, 1.165) is 0 Å². The molecule has 0 saturated carbocycles. The van der Waals surface area contributed by atoms with Gasteiger partial charge in [0.15, 0.2) is 11.5 Å². The predicted octanol–water partition coefficient (Wildman–Crippen LogP) is 1.86. The van der Waals surface area contributed by atoms with Crippen molar-refractivity contribution in [2.24, 2.45) is 0 Å². The summed E-state index contributed by atoms with van der Waals surface area (Å²) < 4.78 is 5.02. The van der Waals surface area contributed by atoms with E-state index in [1.807, 2.05) is 6.07 Å². The largest absolute Gasteiger partial charge is 0.504 e. The quantitative estimate of drug-likeness (QED) is 0.670. The third-order valence-corrected chi connectivity index (χ3v) is 3.46. The summed E-state index contributed by atoms with van der Waals surface area (Å²) >= 11 is 0. The van der Waals surface area contributed by atoms with Crippen molar-refractivity contribution in [3.05, 3.63) is 59.7 Å². The first-order chi connectivity index (χ1) is 11.1. The average molecular weight is 310 g/mol. The van der Waals surface area contributed by atoms with E-state index in [9.17, 15) is 14.7 Å². The van der Waals surface area contributed by atoms with Gasteiger partial charge in [0.25, 0.3) is 11.8 Å². The zero-order chi connectivity index (χ0) is 16.4. The SMILES string of the molecule is COc1cccc(/C=C2\C(=O)NN(c3ccccc3)C2=O)c1O. The Morgan fingerprint density at radius 3 is 2.52 bits per heavy atom. The highest BCUT2D eigenvalue weighted by atomic mass is 16.5. The minimum atomic E-state index is -0.527. The fourth-order valence-electron chi connectivity index (χ4n) is 2.29. The number of anilines is 1. The molecule has 116 valence electrons. The molecule has 1 saturated heterocycles. The summed E-state index contributed by atoms with van der Waals surface area (Å²) in [5.41, 5.74) is 3.33. The number of hydrogen-bond acceptors (Lipinski definition) is 4. The lowest BCUT2D eigenvalue weighted by atomic mass is 10.1. The van der Waals surface area contributed by atoms with Crippen LogP contribution in [0.4, 0.5) is 5.69 Å². The highest BCUT2D eigenvalue weighted by Crippen LogP contribution is 2.32. The molecule has 0 spiro atoms. The summed E-state index contributed by atoms with van der Waals surface area (Å²) in [4.78, 5) is 24.5. The average Bonchev–Trinajstić information content (AvgIpc) is 2.85. The molecule has 6 heteroatoms. The van der Waals surface area contributed by atoms with E-state index in [0.29, 0.717) is 11.3 Å². The normalized spacial score (nSPS) is 15.9. The molecular weight excluding hydrogens is 296 g/mol. The number of carbonyl (C=O) groups excluding carboxylic acids is 2. The molecule has 2 amide bonds. The maximum Gasteiger partial charge on any atom is 0.282 e. The van der Waals surface area contributed by atoms with Crippen molar-refractivity contribution in [3.63, 3.8) is 0 Å².